The lowest BCUT2D eigenvalue weighted by atomic mass is 10.3. The monoisotopic (exact) mass is 249 g/mol. The molecular formula is C8H12IN. The summed E-state index contributed by atoms with van der Waals surface area (Å²) in [6.07, 6.45) is 9.98. The number of allylic oxidation sites excluding steroid dienone is 2. The fraction of sp³-hybridized carbons (Fsp3) is 0.375. The van der Waals surface area contributed by atoms with Gasteiger partial charge >= 0.3 is 0 Å². The van der Waals surface area contributed by atoms with Crippen LogP contribution in [0.4, 0.5) is 0 Å². The molecule has 0 bridgehead atoms. The molecule has 1 aliphatic rings. The molecule has 0 fully saturated rings. The van der Waals surface area contributed by atoms with Gasteiger partial charge in [-0.05, 0) is 27.4 Å². The third-order valence-corrected chi connectivity index (χ3v) is 3.13. The Balaban J connectivity index is 2.47. The van der Waals surface area contributed by atoms with E-state index in [1.54, 1.807) is 0 Å². The van der Waals surface area contributed by atoms with Gasteiger partial charge in [-0.25, -0.2) is 3.11 Å². The standard InChI is InChI=1S/C8H12IN/c1-9-10-7-5-3-2-4-6-8-10/h3-6H,1-2,7-8H2. The van der Waals surface area contributed by atoms with Crippen LogP contribution in [-0.2, 0) is 0 Å². The second kappa shape index (κ2) is 4.79. The molecule has 0 saturated heterocycles. The Labute approximate surface area is 72.5 Å². The van der Waals surface area contributed by atoms with Gasteiger partial charge in [-0.3, -0.25) is 0 Å². The van der Waals surface area contributed by atoms with Crippen LogP contribution in [0.15, 0.2) is 24.3 Å². The largest absolute Gasteiger partial charge is 0.246 e. The summed E-state index contributed by atoms with van der Waals surface area (Å²) in [7, 11) is 0. The van der Waals surface area contributed by atoms with Crippen LogP contribution in [0.1, 0.15) is 6.42 Å². The molecule has 1 nitrogen and oxygen atoms in total. The number of hydrogen-bond donors (Lipinski definition) is 0. The van der Waals surface area contributed by atoms with Gasteiger partial charge in [0.25, 0.3) is 0 Å². The zero-order valence-electron chi connectivity index (χ0n) is 5.96. The van der Waals surface area contributed by atoms with E-state index in [2.05, 4.69) is 31.9 Å². The summed E-state index contributed by atoms with van der Waals surface area (Å²) in [6.45, 7) is 2.20. The highest BCUT2D eigenvalue weighted by atomic mass is 127. The van der Waals surface area contributed by atoms with E-state index in [0.717, 1.165) is 19.5 Å². The summed E-state index contributed by atoms with van der Waals surface area (Å²) in [5.74, 6) is 0. The van der Waals surface area contributed by atoms with Crippen molar-refractivity contribution in [3.05, 3.63) is 24.3 Å². The molecule has 0 aromatic rings. The van der Waals surface area contributed by atoms with Gasteiger partial charge in [0.1, 0.15) is 0 Å². The van der Waals surface area contributed by atoms with Crippen molar-refractivity contribution in [2.75, 3.05) is 13.1 Å². The molecule has 0 saturated carbocycles. The van der Waals surface area contributed by atoms with E-state index in [1.165, 1.54) is 0 Å². The lowest BCUT2D eigenvalue weighted by Gasteiger charge is -2.12. The molecule has 0 radical (unpaired) electrons. The first kappa shape index (κ1) is 8.14. The van der Waals surface area contributed by atoms with E-state index in [-0.39, 0.29) is 21.0 Å². The maximum Gasteiger partial charge on any atom is 0.0261 e. The Morgan fingerprint density at radius 3 is 2.20 bits per heavy atom. The number of hydrogen-bond acceptors (Lipinski definition) is 1. The zero-order chi connectivity index (χ0) is 7.23. The molecule has 10 heavy (non-hydrogen) atoms. The van der Waals surface area contributed by atoms with Crippen molar-refractivity contribution in [1.82, 2.24) is 3.11 Å². The summed E-state index contributed by atoms with van der Waals surface area (Å²) in [4.78, 5) is 0. The molecule has 56 valence electrons. The highest BCUT2D eigenvalue weighted by Crippen LogP contribution is 2.06. The van der Waals surface area contributed by atoms with Crippen LogP contribution >= 0.6 is 21.0 Å². The zero-order valence-corrected chi connectivity index (χ0v) is 8.12. The Morgan fingerprint density at radius 1 is 1.10 bits per heavy atom. The van der Waals surface area contributed by atoms with E-state index in [9.17, 15) is 0 Å². The molecule has 0 amide bonds. The van der Waals surface area contributed by atoms with Crippen LogP contribution in [0.3, 0.4) is 0 Å². The lowest BCUT2D eigenvalue weighted by molar-refractivity contribution is 0.622. The highest BCUT2D eigenvalue weighted by Gasteiger charge is 1.94. The minimum Gasteiger partial charge on any atom is -0.246 e. The van der Waals surface area contributed by atoms with Crippen molar-refractivity contribution < 1.29 is 0 Å². The SMILES string of the molecule is C=IN1CC=CCC=CC1. The first-order chi connectivity index (χ1) is 4.93. The molecule has 1 aliphatic heterocycles. The van der Waals surface area contributed by atoms with E-state index >= 15 is 0 Å². The average Bonchev–Trinajstić information content (AvgIpc) is 1.87. The number of nitrogens with zero attached hydrogens (tertiary/aromatic N) is 1. The third-order valence-electron chi connectivity index (χ3n) is 1.38. The molecule has 0 aliphatic carbocycles. The number of rotatable bonds is 1. The maximum atomic E-state index is 3.95. The van der Waals surface area contributed by atoms with Crippen LogP contribution in [0, 0.1) is 0 Å². The van der Waals surface area contributed by atoms with Gasteiger partial charge in [-0.1, -0.05) is 28.8 Å². The van der Waals surface area contributed by atoms with Crippen molar-refractivity contribution in [3.63, 3.8) is 0 Å². The van der Waals surface area contributed by atoms with E-state index < -0.39 is 0 Å². The second-order valence-electron chi connectivity index (χ2n) is 2.13. The second-order valence-corrected chi connectivity index (χ2v) is 4.17. The van der Waals surface area contributed by atoms with Gasteiger partial charge < -0.3 is 0 Å². The summed E-state index contributed by atoms with van der Waals surface area (Å²) in [6, 6.07) is 0. The minimum absolute atomic E-state index is 0.0373. The minimum atomic E-state index is 0.0373. The summed E-state index contributed by atoms with van der Waals surface area (Å²) >= 11 is 0.0373. The van der Waals surface area contributed by atoms with Crippen molar-refractivity contribution >= 4 is 25.5 Å². The predicted octanol–water partition coefficient (Wildman–Crippen LogP) is 2.12. The Morgan fingerprint density at radius 2 is 1.70 bits per heavy atom. The first-order valence-electron chi connectivity index (χ1n) is 3.37. The predicted molar refractivity (Wildman–Crippen MR) is 55.6 cm³/mol. The van der Waals surface area contributed by atoms with Crippen molar-refractivity contribution in [2.24, 2.45) is 0 Å². The van der Waals surface area contributed by atoms with Gasteiger partial charge in [0.05, 0.1) is 0 Å². The van der Waals surface area contributed by atoms with Crippen LogP contribution in [0.2, 0.25) is 0 Å². The van der Waals surface area contributed by atoms with Crippen LogP contribution in [0.5, 0.6) is 0 Å². The highest BCUT2D eigenvalue weighted by molar-refractivity contribution is 14.2. The molecule has 2 heteroatoms. The quantitative estimate of drug-likeness (QED) is 0.391. The van der Waals surface area contributed by atoms with Crippen LogP contribution in [0.25, 0.3) is 0 Å². The molecule has 1 rings (SSSR count). The molecule has 1 heterocycles. The van der Waals surface area contributed by atoms with Crippen molar-refractivity contribution in [2.45, 2.75) is 6.42 Å². The van der Waals surface area contributed by atoms with Gasteiger partial charge in [-0.15, -0.1) is 0 Å². The van der Waals surface area contributed by atoms with E-state index in [1.807, 2.05) is 0 Å². The summed E-state index contributed by atoms with van der Waals surface area (Å²) in [5.41, 5.74) is 0. The Hall–Kier alpha value is 0.0400. The summed E-state index contributed by atoms with van der Waals surface area (Å²) in [5, 5.41) is 0. The molecule has 0 spiro atoms. The average molecular weight is 249 g/mol. The topological polar surface area (TPSA) is 3.24 Å². The van der Waals surface area contributed by atoms with Gasteiger partial charge in [0.2, 0.25) is 0 Å². The molecule has 0 aromatic carbocycles. The fourth-order valence-electron chi connectivity index (χ4n) is 0.821. The van der Waals surface area contributed by atoms with E-state index in [4.69, 9.17) is 0 Å². The van der Waals surface area contributed by atoms with Gasteiger partial charge in [0, 0.05) is 13.1 Å². The Bertz CT molecular complexity index is 147. The molecule has 0 atom stereocenters. The molecular weight excluding hydrogens is 237 g/mol. The normalized spacial score (nSPS) is 20.4. The lowest BCUT2D eigenvalue weighted by Crippen LogP contribution is -2.12. The van der Waals surface area contributed by atoms with E-state index in [0.29, 0.717) is 0 Å². The van der Waals surface area contributed by atoms with Gasteiger partial charge in [0.15, 0.2) is 0 Å². The third kappa shape index (κ3) is 2.75. The number of halogens is 1. The molecule has 0 unspecified atom stereocenters. The van der Waals surface area contributed by atoms with Crippen LogP contribution in [-0.4, -0.2) is 20.7 Å². The fourth-order valence-corrected chi connectivity index (χ4v) is 1.83. The van der Waals surface area contributed by atoms with Crippen molar-refractivity contribution in [1.29, 1.82) is 0 Å². The smallest absolute Gasteiger partial charge is 0.0261 e. The first-order valence-corrected chi connectivity index (χ1v) is 5.86. The summed E-state index contributed by atoms with van der Waals surface area (Å²) < 4.78 is 6.34. The van der Waals surface area contributed by atoms with Crippen molar-refractivity contribution in [3.8, 4) is 0 Å². The van der Waals surface area contributed by atoms with Gasteiger partial charge in [-0.2, -0.15) is 0 Å². The van der Waals surface area contributed by atoms with Crippen LogP contribution < -0.4 is 0 Å². The molecule has 0 N–H and O–H groups in total. The maximum absolute atomic E-state index is 3.95. The Kier molecular flexibility index (Phi) is 3.90. The molecule has 0 aromatic heterocycles.